The molecule has 0 saturated carbocycles. The second kappa shape index (κ2) is 15.5. The Morgan fingerprint density at radius 2 is 1.85 bits per heavy atom. The average molecular weight is 571 g/mol. The minimum atomic E-state index is -1.23. The number of hydrogen-bond donors (Lipinski definition) is 5. The third-order valence-electron chi connectivity index (χ3n) is 8.71. The maximum absolute atomic E-state index is 15.5. The number of carbonyl (C=O) groups excluding carboxylic acids is 2. The zero-order valence-electron chi connectivity index (χ0n) is 24.8. The van der Waals surface area contributed by atoms with Gasteiger partial charge in [0, 0.05) is 65.4 Å². The predicted molar refractivity (Wildman–Crippen MR) is 154 cm³/mol. The molecule has 0 aromatic heterocycles. The predicted octanol–water partition coefficient (Wildman–Crippen LogP) is -0.0582. The smallest absolute Gasteiger partial charge is 0.241 e. The summed E-state index contributed by atoms with van der Waals surface area (Å²) in [5, 5.41) is 9.35. The molecule has 0 aliphatic carbocycles. The van der Waals surface area contributed by atoms with E-state index >= 15 is 4.39 Å². The van der Waals surface area contributed by atoms with Crippen LogP contribution in [0.3, 0.4) is 0 Å². The number of nitrogens with two attached hydrogens (primary N) is 2. The Kier molecular flexibility index (Phi) is 12.7. The lowest BCUT2D eigenvalue weighted by Crippen LogP contribution is -2.71. The Morgan fingerprint density at radius 3 is 2.50 bits per heavy atom. The first kappa shape index (κ1) is 32.8. The largest absolute Gasteiger partial charge is 0.350 e. The number of piperazine rings is 2. The van der Waals surface area contributed by atoms with Crippen molar-refractivity contribution in [1.82, 2.24) is 30.7 Å². The van der Waals surface area contributed by atoms with Crippen molar-refractivity contribution in [2.24, 2.45) is 17.4 Å². The molecule has 0 bridgehead atoms. The zero-order chi connectivity index (χ0) is 29.4. The van der Waals surface area contributed by atoms with E-state index in [0.717, 1.165) is 31.4 Å². The molecule has 40 heavy (non-hydrogen) atoms. The highest BCUT2D eigenvalue weighted by molar-refractivity contribution is 5.83. The van der Waals surface area contributed by atoms with Gasteiger partial charge in [0.25, 0.3) is 0 Å². The molecule has 0 aromatic carbocycles. The van der Waals surface area contributed by atoms with Gasteiger partial charge in [0.1, 0.15) is 18.4 Å². The molecule has 3 rings (SSSR count). The quantitative estimate of drug-likeness (QED) is 0.154. The maximum Gasteiger partial charge on any atom is 0.241 e. The fourth-order valence-corrected chi connectivity index (χ4v) is 6.25. The fraction of sp³-hybridized carbons (Fsp3) is 0.857. The molecular weight excluding hydrogens is 518 g/mol. The fourth-order valence-electron chi connectivity index (χ4n) is 6.25. The summed E-state index contributed by atoms with van der Waals surface area (Å²) < 4.78 is 29.8. The monoisotopic (exact) mass is 570 g/mol. The number of hydrogen-bond acceptors (Lipinski definition) is 8. The first-order chi connectivity index (χ1) is 19.1. The third kappa shape index (κ3) is 8.19. The minimum absolute atomic E-state index is 0.0489. The number of nitrogens with one attached hydrogen (secondary N) is 3. The van der Waals surface area contributed by atoms with Crippen LogP contribution in [0.15, 0.2) is 11.6 Å². The Balaban J connectivity index is 1.81. The van der Waals surface area contributed by atoms with E-state index < -0.39 is 42.6 Å². The number of alkyl halides is 2. The lowest BCUT2D eigenvalue weighted by Gasteiger charge is -2.50. The average Bonchev–Trinajstić information content (AvgIpc) is 2.93. The number of fused-ring (bicyclic) bond motifs is 1. The molecule has 7 atom stereocenters. The molecule has 3 heterocycles. The van der Waals surface area contributed by atoms with Crippen LogP contribution in [0.1, 0.15) is 46.5 Å². The summed E-state index contributed by atoms with van der Waals surface area (Å²) in [6, 6.07) is -2.02. The topological polar surface area (TPSA) is 132 Å². The first-order valence-electron chi connectivity index (χ1n) is 15.1. The Morgan fingerprint density at radius 1 is 1.15 bits per heavy atom. The molecule has 3 aliphatic rings. The van der Waals surface area contributed by atoms with Gasteiger partial charge in [-0.05, 0) is 19.3 Å². The summed E-state index contributed by atoms with van der Waals surface area (Å²) in [5.74, 6) is -1.22. The van der Waals surface area contributed by atoms with E-state index in [1.807, 2.05) is 17.9 Å². The van der Waals surface area contributed by atoms with E-state index in [1.165, 1.54) is 0 Å². The number of amides is 2. The molecule has 0 aromatic rings. The van der Waals surface area contributed by atoms with Crippen molar-refractivity contribution < 1.29 is 18.4 Å². The van der Waals surface area contributed by atoms with Gasteiger partial charge in [-0.3, -0.25) is 19.4 Å². The van der Waals surface area contributed by atoms with Crippen LogP contribution in [-0.2, 0) is 9.59 Å². The second-order valence-electron chi connectivity index (χ2n) is 11.6. The van der Waals surface area contributed by atoms with E-state index in [4.69, 9.17) is 11.5 Å². The lowest BCUT2D eigenvalue weighted by molar-refractivity contribution is -0.145. The number of halogens is 2. The SMILES string of the molecule is CCC/C(=C\C(NCC(F)CC)C(C(=O)NC1CNCC(F)C1N1CCN2CCN(C)C(=O)C2C1)C(N)N)CC. The van der Waals surface area contributed by atoms with Gasteiger partial charge in [-0.1, -0.05) is 38.8 Å². The molecule has 230 valence electrons. The molecule has 7 unspecified atom stereocenters. The van der Waals surface area contributed by atoms with E-state index in [0.29, 0.717) is 39.1 Å². The summed E-state index contributed by atoms with van der Waals surface area (Å²) in [6.07, 6.45) is 1.62. The molecule has 3 fully saturated rings. The molecule has 12 heteroatoms. The van der Waals surface area contributed by atoms with Gasteiger partial charge in [-0.25, -0.2) is 8.78 Å². The molecule has 3 aliphatic heterocycles. The highest BCUT2D eigenvalue weighted by Gasteiger charge is 2.45. The van der Waals surface area contributed by atoms with E-state index in [-0.39, 0.29) is 30.9 Å². The standard InChI is InChI=1S/C28H52F2N8O2/c1-5-8-18(6-2)13-21(34-14-19(29)7-3)24(26(31)32)27(39)35-22-16-33-15-20(30)25(22)38-12-11-37-10-9-36(4)28(40)23(37)17-38/h13,19-26,33-34H,5-12,14-17,31-32H2,1-4H3,(H,35,39)/b18-13-. The van der Waals surface area contributed by atoms with Crippen molar-refractivity contribution in [2.45, 2.75) is 89.1 Å². The highest BCUT2D eigenvalue weighted by Crippen LogP contribution is 2.24. The van der Waals surface area contributed by atoms with Gasteiger partial charge < -0.3 is 32.3 Å². The second-order valence-corrected chi connectivity index (χ2v) is 11.6. The normalized spacial score (nSPS) is 29.3. The van der Waals surface area contributed by atoms with Crippen LogP contribution < -0.4 is 27.4 Å². The molecule has 3 saturated heterocycles. The van der Waals surface area contributed by atoms with Crippen molar-refractivity contribution >= 4 is 11.8 Å². The van der Waals surface area contributed by atoms with Crippen LogP contribution in [0, 0.1) is 5.92 Å². The van der Waals surface area contributed by atoms with Crippen molar-refractivity contribution in [1.29, 1.82) is 0 Å². The van der Waals surface area contributed by atoms with E-state index in [2.05, 4.69) is 27.8 Å². The number of likely N-dealkylation sites (N-methyl/N-ethyl adjacent to an activating group) is 1. The molecule has 7 N–H and O–H groups in total. The number of rotatable bonds is 13. The molecule has 0 radical (unpaired) electrons. The lowest BCUT2D eigenvalue weighted by atomic mass is 9.90. The Hall–Kier alpha value is -1.70. The first-order valence-corrected chi connectivity index (χ1v) is 15.1. The summed E-state index contributed by atoms with van der Waals surface area (Å²) >= 11 is 0. The number of carbonyl (C=O) groups is 2. The molecule has 0 spiro atoms. The van der Waals surface area contributed by atoms with Crippen LogP contribution in [0.4, 0.5) is 8.78 Å². The highest BCUT2D eigenvalue weighted by atomic mass is 19.1. The van der Waals surface area contributed by atoms with Crippen molar-refractivity contribution in [3.8, 4) is 0 Å². The number of nitrogens with zero attached hydrogens (tertiary/aromatic N) is 3. The van der Waals surface area contributed by atoms with Gasteiger partial charge in [0.2, 0.25) is 11.8 Å². The van der Waals surface area contributed by atoms with Crippen LogP contribution in [0.2, 0.25) is 0 Å². The summed E-state index contributed by atoms with van der Waals surface area (Å²) in [4.78, 5) is 32.6. The van der Waals surface area contributed by atoms with Gasteiger partial charge in [-0.2, -0.15) is 0 Å². The van der Waals surface area contributed by atoms with Crippen molar-refractivity contribution in [2.75, 3.05) is 59.4 Å². The van der Waals surface area contributed by atoms with Gasteiger partial charge >= 0.3 is 0 Å². The van der Waals surface area contributed by atoms with Crippen molar-refractivity contribution in [3.63, 3.8) is 0 Å². The van der Waals surface area contributed by atoms with Crippen LogP contribution in [0.5, 0.6) is 0 Å². The Bertz CT molecular complexity index is 862. The van der Waals surface area contributed by atoms with E-state index in [9.17, 15) is 14.0 Å². The molecule has 2 amide bonds. The summed E-state index contributed by atoms with van der Waals surface area (Å²) in [6.45, 7) is 9.74. The van der Waals surface area contributed by atoms with E-state index in [1.54, 1.807) is 18.9 Å². The van der Waals surface area contributed by atoms with Crippen LogP contribution in [0.25, 0.3) is 0 Å². The van der Waals surface area contributed by atoms with Gasteiger partial charge in [-0.15, -0.1) is 0 Å². The van der Waals surface area contributed by atoms with Gasteiger partial charge in [0.05, 0.1) is 24.2 Å². The van der Waals surface area contributed by atoms with Crippen LogP contribution >= 0.6 is 0 Å². The molecule has 10 nitrogen and oxygen atoms in total. The van der Waals surface area contributed by atoms with Crippen LogP contribution in [-0.4, -0.2) is 129 Å². The maximum atomic E-state index is 15.5. The number of piperidine rings is 1. The third-order valence-corrected chi connectivity index (χ3v) is 8.71. The molecular formula is C28H52F2N8O2. The summed E-state index contributed by atoms with van der Waals surface area (Å²) in [5.41, 5.74) is 13.5. The van der Waals surface area contributed by atoms with Gasteiger partial charge in [0.15, 0.2) is 0 Å². The minimum Gasteiger partial charge on any atom is -0.350 e. The Labute approximate surface area is 238 Å². The summed E-state index contributed by atoms with van der Waals surface area (Å²) in [7, 11) is 1.80. The number of allylic oxidation sites excluding steroid dienone is 1. The zero-order valence-corrected chi connectivity index (χ0v) is 24.8. The van der Waals surface area contributed by atoms with Crippen molar-refractivity contribution in [3.05, 3.63) is 11.6 Å².